The van der Waals surface area contributed by atoms with Crippen molar-refractivity contribution >= 4 is 50.5 Å². The van der Waals surface area contributed by atoms with E-state index < -0.39 is 15.9 Å². The maximum Gasteiger partial charge on any atom is 0.262 e. The minimum Gasteiger partial charge on any atom is -0.495 e. The van der Waals surface area contributed by atoms with E-state index in [9.17, 15) is 13.2 Å². The zero-order valence-electron chi connectivity index (χ0n) is 17.6. The van der Waals surface area contributed by atoms with Gasteiger partial charge >= 0.3 is 0 Å². The van der Waals surface area contributed by atoms with Crippen molar-refractivity contribution in [1.29, 1.82) is 0 Å². The number of carbonyl (C=O) groups excluding carboxylic acids is 1. The Balaban J connectivity index is 1.61. The average molecular weight is 511 g/mol. The van der Waals surface area contributed by atoms with Gasteiger partial charge < -0.3 is 19.5 Å². The number of carbonyl (C=O) groups is 1. The summed E-state index contributed by atoms with van der Waals surface area (Å²) in [5.74, 6) is 0.756. The first kappa shape index (κ1) is 24.5. The van der Waals surface area contributed by atoms with Gasteiger partial charge in [-0.25, -0.2) is 8.42 Å². The normalized spacial score (nSPS) is 10.9. The van der Waals surface area contributed by atoms with E-state index in [1.54, 1.807) is 24.3 Å². The number of sulfonamides is 1. The van der Waals surface area contributed by atoms with Crippen LogP contribution in [0.25, 0.3) is 0 Å². The summed E-state index contributed by atoms with van der Waals surface area (Å²) >= 11 is 12.0. The van der Waals surface area contributed by atoms with Crippen molar-refractivity contribution in [2.24, 2.45) is 0 Å². The van der Waals surface area contributed by atoms with E-state index in [1.165, 1.54) is 50.6 Å². The number of methoxy groups -OCH3 is 2. The summed E-state index contributed by atoms with van der Waals surface area (Å²) in [6, 6.07) is 15.0. The molecule has 0 aromatic heterocycles. The predicted molar refractivity (Wildman–Crippen MR) is 127 cm³/mol. The van der Waals surface area contributed by atoms with Crippen LogP contribution in [-0.4, -0.2) is 35.2 Å². The lowest BCUT2D eigenvalue weighted by molar-refractivity contribution is -0.118. The van der Waals surface area contributed by atoms with Crippen molar-refractivity contribution in [3.63, 3.8) is 0 Å². The third-order valence-corrected chi connectivity index (χ3v) is 6.27. The highest BCUT2D eigenvalue weighted by molar-refractivity contribution is 7.92. The maximum atomic E-state index is 12.6. The molecule has 33 heavy (non-hydrogen) atoms. The Kier molecular flexibility index (Phi) is 7.91. The van der Waals surface area contributed by atoms with Crippen LogP contribution in [0.15, 0.2) is 65.6 Å². The molecule has 0 aliphatic carbocycles. The number of hydrogen-bond donors (Lipinski definition) is 2. The molecule has 0 unspecified atom stereocenters. The van der Waals surface area contributed by atoms with Gasteiger partial charge in [0.05, 0.1) is 35.5 Å². The molecule has 3 rings (SSSR count). The topological polar surface area (TPSA) is 103 Å². The third-order valence-electron chi connectivity index (χ3n) is 4.34. The highest BCUT2D eigenvalue weighted by Crippen LogP contribution is 2.29. The molecule has 11 heteroatoms. The lowest BCUT2D eigenvalue weighted by Gasteiger charge is -2.12. The van der Waals surface area contributed by atoms with Crippen molar-refractivity contribution < 1.29 is 27.4 Å². The second kappa shape index (κ2) is 10.7. The SMILES string of the molecule is COc1ccc(NS(=O)(=O)c2ccc(OCC(=O)Nc3cc(Cl)ccc3OC)cc2)cc1Cl. The Morgan fingerprint density at radius 3 is 2.21 bits per heavy atom. The highest BCUT2D eigenvalue weighted by Gasteiger charge is 2.16. The van der Waals surface area contributed by atoms with Crippen LogP contribution in [0.3, 0.4) is 0 Å². The molecule has 0 saturated carbocycles. The van der Waals surface area contributed by atoms with Gasteiger partial charge in [0, 0.05) is 5.02 Å². The molecule has 0 bridgehead atoms. The Hall–Kier alpha value is -3.14. The minimum absolute atomic E-state index is 0.00917. The van der Waals surface area contributed by atoms with Gasteiger partial charge in [-0.2, -0.15) is 0 Å². The minimum atomic E-state index is -3.86. The van der Waals surface area contributed by atoms with E-state index in [0.717, 1.165) is 0 Å². The summed E-state index contributed by atoms with van der Waals surface area (Å²) < 4.78 is 43.4. The van der Waals surface area contributed by atoms with E-state index in [4.69, 9.17) is 37.4 Å². The van der Waals surface area contributed by atoms with Crippen LogP contribution in [0.1, 0.15) is 0 Å². The average Bonchev–Trinajstić information content (AvgIpc) is 2.78. The number of nitrogens with one attached hydrogen (secondary N) is 2. The number of anilines is 2. The van der Waals surface area contributed by atoms with Crippen molar-refractivity contribution in [3.8, 4) is 17.2 Å². The third kappa shape index (κ3) is 6.44. The molecule has 0 spiro atoms. The summed E-state index contributed by atoms with van der Waals surface area (Å²) in [4.78, 5) is 12.2. The van der Waals surface area contributed by atoms with Crippen LogP contribution >= 0.6 is 23.2 Å². The fraction of sp³-hybridized carbons (Fsp3) is 0.136. The van der Waals surface area contributed by atoms with Gasteiger partial charge in [-0.05, 0) is 60.7 Å². The molecule has 1 amide bonds. The molecule has 2 N–H and O–H groups in total. The summed E-state index contributed by atoms with van der Waals surface area (Å²) in [6.45, 7) is -0.301. The number of halogens is 2. The standard InChI is InChI=1S/C22H20Cl2N2O6S/c1-30-20-10-4-15(12-18(20)24)26-33(28,29)17-7-5-16(6-8-17)32-13-22(27)25-19-11-14(23)3-9-21(19)31-2/h3-12,26H,13H2,1-2H3,(H,25,27). The molecular weight excluding hydrogens is 491 g/mol. The van der Waals surface area contributed by atoms with Crippen molar-refractivity contribution in [3.05, 3.63) is 70.7 Å². The fourth-order valence-electron chi connectivity index (χ4n) is 2.77. The van der Waals surface area contributed by atoms with Gasteiger partial charge in [-0.3, -0.25) is 9.52 Å². The zero-order chi connectivity index (χ0) is 24.0. The number of rotatable bonds is 9. The summed E-state index contributed by atoms with van der Waals surface area (Å²) in [6.07, 6.45) is 0. The van der Waals surface area contributed by atoms with Crippen LogP contribution in [-0.2, 0) is 14.8 Å². The number of amides is 1. The molecule has 0 radical (unpaired) electrons. The van der Waals surface area contributed by atoms with Gasteiger partial charge in [0.1, 0.15) is 17.2 Å². The van der Waals surface area contributed by atoms with Crippen LogP contribution in [0.5, 0.6) is 17.2 Å². The van der Waals surface area contributed by atoms with Gasteiger partial charge in [0.15, 0.2) is 6.61 Å². The molecule has 0 heterocycles. The lowest BCUT2D eigenvalue weighted by Crippen LogP contribution is -2.20. The van der Waals surface area contributed by atoms with Crippen molar-refractivity contribution in [2.75, 3.05) is 30.9 Å². The summed E-state index contributed by atoms with van der Waals surface area (Å²) in [5.41, 5.74) is 0.694. The van der Waals surface area contributed by atoms with E-state index in [0.29, 0.717) is 28.0 Å². The lowest BCUT2D eigenvalue weighted by atomic mass is 10.3. The van der Waals surface area contributed by atoms with E-state index in [2.05, 4.69) is 10.0 Å². The number of ether oxygens (including phenoxy) is 3. The first-order chi connectivity index (χ1) is 15.7. The Bertz CT molecular complexity index is 1250. The molecule has 3 aromatic rings. The van der Waals surface area contributed by atoms with E-state index in [-0.39, 0.29) is 22.2 Å². The first-order valence-electron chi connectivity index (χ1n) is 9.44. The Morgan fingerprint density at radius 1 is 0.909 bits per heavy atom. The Morgan fingerprint density at radius 2 is 1.58 bits per heavy atom. The van der Waals surface area contributed by atoms with E-state index >= 15 is 0 Å². The second-order valence-electron chi connectivity index (χ2n) is 6.61. The fourth-order valence-corrected chi connectivity index (χ4v) is 4.25. The molecule has 0 aliphatic rings. The monoisotopic (exact) mass is 510 g/mol. The molecule has 0 aliphatic heterocycles. The van der Waals surface area contributed by atoms with Crippen molar-refractivity contribution in [1.82, 2.24) is 0 Å². The molecule has 8 nitrogen and oxygen atoms in total. The van der Waals surface area contributed by atoms with E-state index in [1.807, 2.05) is 0 Å². The zero-order valence-corrected chi connectivity index (χ0v) is 19.9. The molecular formula is C22H20Cl2N2O6S. The van der Waals surface area contributed by atoms with Gasteiger partial charge in [-0.15, -0.1) is 0 Å². The largest absolute Gasteiger partial charge is 0.495 e. The summed E-state index contributed by atoms with van der Waals surface area (Å²) in [7, 11) is -0.921. The molecule has 3 aromatic carbocycles. The summed E-state index contributed by atoms with van der Waals surface area (Å²) in [5, 5.41) is 3.36. The van der Waals surface area contributed by atoms with Crippen LogP contribution < -0.4 is 24.2 Å². The quantitative estimate of drug-likeness (QED) is 0.427. The first-order valence-corrected chi connectivity index (χ1v) is 11.7. The number of benzene rings is 3. The molecule has 0 fully saturated rings. The van der Waals surface area contributed by atoms with Crippen LogP contribution in [0.2, 0.25) is 10.0 Å². The Labute approximate surface area is 201 Å². The predicted octanol–water partition coefficient (Wildman–Crippen LogP) is 4.83. The molecule has 0 saturated heterocycles. The van der Waals surface area contributed by atoms with Gasteiger partial charge in [0.25, 0.3) is 15.9 Å². The second-order valence-corrected chi connectivity index (χ2v) is 9.13. The maximum absolute atomic E-state index is 12.6. The van der Waals surface area contributed by atoms with Gasteiger partial charge in [0.2, 0.25) is 0 Å². The smallest absolute Gasteiger partial charge is 0.262 e. The highest BCUT2D eigenvalue weighted by atomic mass is 35.5. The number of hydrogen-bond acceptors (Lipinski definition) is 6. The molecule has 0 atom stereocenters. The van der Waals surface area contributed by atoms with Crippen molar-refractivity contribution in [2.45, 2.75) is 4.90 Å². The van der Waals surface area contributed by atoms with Crippen LogP contribution in [0, 0.1) is 0 Å². The van der Waals surface area contributed by atoms with Crippen LogP contribution in [0.4, 0.5) is 11.4 Å². The van der Waals surface area contributed by atoms with Gasteiger partial charge in [-0.1, -0.05) is 23.2 Å². The molecule has 174 valence electrons.